The van der Waals surface area contributed by atoms with Gasteiger partial charge in [-0.1, -0.05) is 86.5 Å². The number of amides is 2. The largest absolute Gasteiger partial charge is 0.494 e. The number of carbonyl (C=O) groups excluding carboxylic acids is 2. The summed E-state index contributed by atoms with van der Waals surface area (Å²) in [6, 6.07) is 30.0. The molecule has 8 heteroatoms. The van der Waals surface area contributed by atoms with Crippen LogP contribution in [0.3, 0.4) is 0 Å². The zero-order valence-electron chi connectivity index (χ0n) is 21.5. The number of thiocarbonyl (C=S) groups is 1. The van der Waals surface area contributed by atoms with Gasteiger partial charge in [0.05, 0.1) is 18.0 Å². The summed E-state index contributed by atoms with van der Waals surface area (Å²) in [5.41, 5.74) is 3.88. The lowest BCUT2D eigenvalue weighted by atomic mass is 10.00. The Morgan fingerprint density at radius 3 is 1.88 bits per heavy atom. The summed E-state index contributed by atoms with van der Waals surface area (Å²) in [5.74, 6) is -0.301. The molecule has 4 aromatic rings. The molecule has 1 aliphatic heterocycles. The smallest absolute Gasteiger partial charge is 0.270 e. The van der Waals surface area contributed by atoms with Gasteiger partial charge in [-0.3, -0.25) is 19.4 Å². The van der Waals surface area contributed by atoms with Crippen molar-refractivity contribution in [3.63, 3.8) is 0 Å². The molecule has 0 unspecified atom stereocenters. The number of carbonyl (C=O) groups is 2. The van der Waals surface area contributed by atoms with Gasteiger partial charge < -0.3 is 4.74 Å². The van der Waals surface area contributed by atoms with Gasteiger partial charge in [0.1, 0.15) is 11.3 Å². The van der Waals surface area contributed by atoms with E-state index in [4.69, 9.17) is 17.0 Å². The molecule has 0 bridgehead atoms. The molecule has 2 amide bonds. The second kappa shape index (κ2) is 12.3. The van der Waals surface area contributed by atoms with E-state index in [1.54, 1.807) is 30.3 Å². The van der Waals surface area contributed by atoms with E-state index in [0.717, 1.165) is 20.1 Å². The van der Waals surface area contributed by atoms with Gasteiger partial charge in [-0.25, -0.2) is 0 Å². The van der Waals surface area contributed by atoms with Gasteiger partial charge in [-0.2, -0.15) is 0 Å². The number of anilines is 2. The number of ether oxygens (including phenoxy) is 1. The number of hydrogen-bond acceptors (Lipinski definition) is 4. The van der Waals surface area contributed by atoms with Crippen LogP contribution in [0.25, 0.3) is 6.08 Å². The molecule has 1 saturated heterocycles. The zero-order chi connectivity index (χ0) is 28.2. The number of nitrogens with zero attached hydrogens (tertiary/aromatic N) is 2. The molecule has 5 nitrogen and oxygen atoms in total. The number of benzene rings is 4. The summed E-state index contributed by atoms with van der Waals surface area (Å²) in [5, 5.41) is 0.101. The standard InChI is InChI=1S/C32H24Br2N2O3S/c1-2-39-29-19-21(18-28(34)25(29)20-22-11-9-10-16-27(22)33)17-26-30(37)35(23-12-5-3-6-13-23)32(40)36(31(26)38)24-14-7-4-8-15-24/h3-19H,2,20H2,1H3. The van der Waals surface area contributed by atoms with E-state index in [-0.39, 0.29) is 10.7 Å². The molecule has 200 valence electrons. The molecule has 40 heavy (non-hydrogen) atoms. The molecule has 0 aromatic heterocycles. The van der Waals surface area contributed by atoms with Crippen LogP contribution in [0.4, 0.5) is 11.4 Å². The molecular formula is C32H24Br2N2O3S. The van der Waals surface area contributed by atoms with Gasteiger partial charge in [0, 0.05) is 20.9 Å². The summed E-state index contributed by atoms with van der Waals surface area (Å²) in [7, 11) is 0. The van der Waals surface area contributed by atoms with Gasteiger partial charge in [0.15, 0.2) is 5.11 Å². The molecule has 0 aliphatic carbocycles. The minimum absolute atomic E-state index is 0.00536. The lowest BCUT2D eigenvalue weighted by Crippen LogP contribution is -2.56. The van der Waals surface area contributed by atoms with E-state index in [1.807, 2.05) is 73.7 Å². The van der Waals surface area contributed by atoms with Gasteiger partial charge in [-0.05, 0) is 78.8 Å². The van der Waals surface area contributed by atoms with Crippen molar-refractivity contribution in [3.8, 4) is 5.75 Å². The van der Waals surface area contributed by atoms with Crippen molar-refractivity contribution in [2.45, 2.75) is 13.3 Å². The van der Waals surface area contributed by atoms with E-state index < -0.39 is 11.8 Å². The molecule has 4 aromatic carbocycles. The number of para-hydroxylation sites is 2. The van der Waals surface area contributed by atoms with Gasteiger partial charge in [-0.15, -0.1) is 0 Å². The third-order valence-corrected chi connectivity index (χ3v) is 8.24. The van der Waals surface area contributed by atoms with Crippen molar-refractivity contribution >= 4 is 78.5 Å². The van der Waals surface area contributed by atoms with E-state index in [1.165, 1.54) is 9.80 Å². The maximum absolute atomic E-state index is 13.8. The van der Waals surface area contributed by atoms with Crippen LogP contribution in [0.2, 0.25) is 0 Å². The Morgan fingerprint density at radius 1 is 0.775 bits per heavy atom. The first-order chi connectivity index (χ1) is 19.4. The molecule has 0 spiro atoms. The van der Waals surface area contributed by atoms with Crippen molar-refractivity contribution in [1.29, 1.82) is 0 Å². The summed E-state index contributed by atoms with van der Waals surface area (Å²) in [4.78, 5) is 30.5. The topological polar surface area (TPSA) is 49.9 Å². The number of halogens is 2. The number of hydrogen-bond donors (Lipinski definition) is 0. The van der Waals surface area contributed by atoms with Crippen molar-refractivity contribution < 1.29 is 14.3 Å². The molecule has 1 aliphatic rings. The van der Waals surface area contributed by atoms with Crippen LogP contribution in [-0.4, -0.2) is 23.5 Å². The molecule has 5 rings (SSSR count). The average molecular weight is 676 g/mol. The van der Waals surface area contributed by atoms with Crippen LogP contribution in [0.5, 0.6) is 5.75 Å². The van der Waals surface area contributed by atoms with Crippen LogP contribution in [-0.2, 0) is 16.0 Å². The summed E-state index contributed by atoms with van der Waals surface area (Å²) in [6.45, 7) is 2.39. The first-order valence-corrected chi connectivity index (χ1v) is 14.6. The Balaban J connectivity index is 1.61. The van der Waals surface area contributed by atoms with E-state index in [2.05, 4.69) is 37.9 Å². The third-order valence-electron chi connectivity index (χ3n) is 6.39. The first kappa shape index (κ1) is 28.0. The second-order valence-electron chi connectivity index (χ2n) is 8.97. The molecule has 0 radical (unpaired) electrons. The first-order valence-electron chi connectivity index (χ1n) is 12.6. The maximum Gasteiger partial charge on any atom is 0.270 e. The monoisotopic (exact) mass is 674 g/mol. The minimum Gasteiger partial charge on any atom is -0.494 e. The molecule has 0 atom stereocenters. The van der Waals surface area contributed by atoms with E-state index >= 15 is 0 Å². The fraction of sp³-hybridized carbons (Fsp3) is 0.0938. The Morgan fingerprint density at radius 2 is 1.32 bits per heavy atom. The van der Waals surface area contributed by atoms with Gasteiger partial charge in [0.2, 0.25) is 0 Å². The molecule has 0 saturated carbocycles. The highest BCUT2D eigenvalue weighted by atomic mass is 79.9. The van der Waals surface area contributed by atoms with Gasteiger partial charge >= 0.3 is 0 Å². The van der Waals surface area contributed by atoms with Crippen molar-refractivity contribution in [2.75, 3.05) is 16.4 Å². The lowest BCUT2D eigenvalue weighted by molar-refractivity contribution is -0.120. The van der Waals surface area contributed by atoms with Crippen LogP contribution in [0.1, 0.15) is 23.6 Å². The summed E-state index contributed by atoms with van der Waals surface area (Å²) < 4.78 is 7.84. The van der Waals surface area contributed by atoms with Crippen LogP contribution in [0.15, 0.2) is 112 Å². The normalized spacial score (nSPS) is 13.6. The molecule has 1 fully saturated rings. The highest BCUT2D eigenvalue weighted by Gasteiger charge is 2.41. The lowest BCUT2D eigenvalue weighted by Gasteiger charge is -2.36. The van der Waals surface area contributed by atoms with Crippen LogP contribution in [0, 0.1) is 0 Å². The quantitative estimate of drug-likeness (QED) is 0.113. The molecule has 1 heterocycles. The highest BCUT2D eigenvalue weighted by molar-refractivity contribution is 9.10. The molecule has 0 N–H and O–H groups in total. The predicted molar refractivity (Wildman–Crippen MR) is 171 cm³/mol. The van der Waals surface area contributed by atoms with Crippen LogP contribution >= 0.6 is 44.1 Å². The third kappa shape index (κ3) is 5.66. The second-order valence-corrected chi connectivity index (χ2v) is 11.0. The Kier molecular flexibility index (Phi) is 8.59. The van der Waals surface area contributed by atoms with Gasteiger partial charge in [0.25, 0.3) is 11.8 Å². The summed E-state index contributed by atoms with van der Waals surface area (Å²) in [6.07, 6.45) is 2.23. The minimum atomic E-state index is -0.486. The Bertz CT molecular complexity index is 1560. The van der Waals surface area contributed by atoms with Crippen molar-refractivity contribution in [2.24, 2.45) is 0 Å². The Hall–Kier alpha value is -3.59. The summed E-state index contributed by atoms with van der Waals surface area (Å²) >= 11 is 13.0. The van der Waals surface area contributed by atoms with Crippen LogP contribution < -0.4 is 14.5 Å². The fourth-order valence-electron chi connectivity index (χ4n) is 4.51. The maximum atomic E-state index is 13.8. The van der Waals surface area contributed by atoms with Crippen molar-refractivity contribution in [3.05, 3.63) is 128 Å². The highest BCUT2D eigenvalue weighted by Crippen LogP contribution is 2.35. The fourth-order valence-corrected chi connectivity index (χ4v) is 5.91. The Labute approximate surface area is 255 Å². The van der Waals surface area contributed by atoms with E-state index in [0.29, 0.717) is 35.7 Å². The average Bonchev–Trinajstić information content (AvgIpc) is 2.95. The number of rotatable bonds is 7. The van der Waals surface area contributed by atoms with E-state index in [9.17, 15) is 9.59 Å². The zero-order valence-corrected chi connectivity index (χ0v) is 25.5. The SMILES string of the molecule is CCOc1cc(C=C2C(=O)N(c3ccccc3)C(=S)N(c3ccccc3)C2=O)cc(Br)c1Cc1ccccc1Br. The molecular weight excluding hydrogens is 652 g/mol. The predicted octanol–water partition coefficient (Wildman–Crippen LogP) is 7.95. The van der Waals surface area contributed by atoms with Crippen molar-refractivity contribution in [1.82, 2.24) is 0 Å².